The molecule has 0 aromatic carbocycles. The Morgan fingerprint density at radius 1 is 1.24 bits per heavy atom. The number of carbonyl (C=O) groups is 1. The van der Waals surface area contributed by atoms with Crippen LogP contribution in [-0.2, 0) is 11.3 Å². The van der Waals surface area contributed by atoms with E-state index in [-0.39, 0.29) is 12.0 Å². The van der Waals surface area contributed by atoms with Gasteiger partial charge in [0, 0.05) is 44.9 Å². The van der Waals surface area contributed by atoms with Crippen molar-refractivity contribution in [3.05, 3.63) is 46.7 Å². The van der Waals surface area contributed by atoms with E-state index in [0.29, 0.717) is 36.2 Å². The Balaban J connectivity index is 1.55. The quantitative estimate of drug-likeness (QED) is 0.707. The van der Waals surface area contributed by atoms with Crippen molar-refractivity contribution < 1.29 is 14.3 Å². The van der Waals surface area contributed by atoms with Gasteiger partial charge in [-0.05, 0) is 31.5 Å². The zero-order valence-electron chi connectivity index (χ0n) is 16.9. The Labute approximate surface area is 176 Å². The molecule has 2 aromatic rings. The Kier molecular flexibility index (Phi) is 7.66. The molecule has 0 atom stereocenters. The molecule has 3 heterocycles. The summed E-state index contributed by atoms with van der Waals surface area (Å²) >= 11 is 6.27. The fourth-order valence-electron chi connectivity index (χ4n) is 3.13. The van der Waals surface area contributed by atoms with Gasteiger partial charge in [0.2, 0.25) is 5.88 Å². The van der Waals surface area contributed by atoms with Gasteiger partial charge in [-0.3, -0.25) is 4.79 Å². The van der Waals surface area contributed by atoms with Crippen LogP contribution in [0.3, 0.4) is 0 Å². The largest absolute Gasteiger partial charge is 0.473 e. The predicted molar refractivity (Wildman–Crippen MR) is 113 cm³/mol. The molecule has 1 aliphatic rings. The molecule has 0 radical (unpaired) electrons. The summed E-state index contributed by atoms with van der Waals surface area (Å²) in [5.41, 5.74) is 1.31. The van der Waals surface area contributed by atoms with Gasteiger partial charge in [0.15, 0.2) is 0 Å². The maximum absolute atomic E-state index is 12.4. The fraction of sp³-hybridized carbons (Fsp3) is 0.476. The number of aromatic nitrogens is 2. The normalized spacial score (nSPS) is 14.4. The molecule has 8 heteroatoms. The van der Waals surface area contributed by atoms with Crippen LogP contribution in [0.2, 0.25) is 5.02 Å². The van der Waals surface area contributed by atoms with Crippen molar-refractivity contribution >= 4 is 23.3 Å². The van der Waals surface area contributed by atoms with E-state index in [1.165, 1.54) is 6.20 Å². The lowest BCUT2D eigenvalue weighted by molar-refractivity contribution is 0.0238. The molecule has 1 amide bonds. The van der Waals surface area contributed by atoms with Crippen LogP contribution in [-0.4, -0.2) is 48.3 Å². The molecule has 7 nitrogen and oxygen atoms in total. The molecule has 0 aliphatic carbocycles. The summed E-state index contributed by atoms with van der Waals surface area (Å²) in [6, 6.07) is 5.52. The van der Waals surface area contributed by atoms with Crippen LogP contribution in [0, 0.1) is 0 Å². The molecule has 1 aliphatic heterocycles. The standard InChI is InChI=1S/C21H27ClN4O3/c1-3-26(4-2)19-6-5-15(12-23-19)13-24-20(27)16-11-18(22)21(25-14-16)29-17-7-9-28-10-8-17/h5-6,11-12,14,17H,3-4,7-10,13H2,1-2H3,(H,24,27). The number of hydrogen-bond acceptors (Lipinski definition) is 6. The van der Waals surface area contributed by atoms with E-state index in [1.54, 1.807) is 12.3 Å². The third kappa shape index (κ3) is 5.81. The zero-order valence-corrected chi connectivity index (χ0v) is 17.6. The summed E-state index contributed by atoms with van der Waals surface area (Å²) in [4.78, 5) is 23.3. The van der Waals surface area contributed by atoms with Crippen molar-refractivity contribution in [1.29, 1.82) is 0 Å². The van der Waals surface area contributed by atoms with Gasteiger partial charge in [-0.1, -0.05) is 17.7 Å². The van der Waals surface area contributed by atoms with Crippen LogP contribution in [0.4, 0.5) is 5.82 Å². The van der Waals surface area contributed by atoms with Crippen molar-refractivity contribution in [1.82, 2.24) is 15.3 Å². The minimum atomic E-state index is -0.246. The maximum Gasteiger partial charge on any atom is 0.253 e. The number of rotatable bonds is 8. The molecule has 0 saturated carbocycles. The highest BCUT2D eigenvalue weighted by atomic mass is 35.5. The minimum absolute atomic E-state index is 0.0419. The molecular weight excluding hydrogens is 392 g/mol. The Bertz CT molecular complexity index is 806. The Morgan fingerprint density at radius 2 is 2.00 bits per heavy atom. The molecule has 29 heavy (non-hydrogen) atoms. The molecule has 156 valence electrons. The number of carbonyl (C=O) groups excluding carboxylic acids is 1. The summed E-state index contributed by atoms with van der Waals surface area (Å²) in [7, 11) is 0. The van der Waals surface area contributed by atoms with Crippen LogP contribution in [0.25, 0.3) is 0 Å². The van der Waals surface area contributed by atoms with Gasteiger partial charge in [0.1, 0.15) is 16.9 Å². The Hall–Kier alpha value is -2.38. The molecule has 0 bridgehead atoms. The van der Waals surface area contributed by atoms with Crippen molar-refractivity contribution in [2.75, 3.05) is 31.2 Å². The second-order valence-corrected chi connectivity index (χ2v) is 7.23. The highest BCUT2D eigenvalue weighted by Crippen LogP contribution is 2.25. The molecule has 1 saturated heterocycles. The Morgan fingerprint density at radius 3 is 2.62 bits per heavy atom. The average Bonchev–Trinajstić information content (AvgIpc) is 2.76. The van der Waals surface area contributed by atoms with E-state index in [0.717, 1.165) is 37.3 Å². The highest BCUT2D eigenvalue weighted by molar-refractivity contribution is 6.32. The topological polar surface area (TPSA) is 76.6 Å². The van der Waals surface area contributed by atoms with Crippen LogP contribution in [0.1, 0.15) is 42.6 Å². The monoisotopic (exact) mass is 418 g/mol. The summed E-state index contributed by atoms with van der Waals surface area (Å²) in [6.07, 6.45) is 4.92. The van der Waals surface area contributed by atoms with Gasteiger partial charge in [-0.2, -0.15) is 0 Å². The summed E-state index contributed by atoms with van der Waals surface area (Å²) in [6.45, 7) is 7.73. The lowest BCUT2D eigenvalue weighted by Gasteiger charge is -2.23. The predicted octanol–water partition coefficient (Wildman–Crippen LogP) is 3.46. The van der Waals surface area contributed by atoms with E-state index >= 15 is 0 Å². The van der Waals surface area contributed by atoms with Gasteiger partial charge in [-0.15, -0.1) is 0 Å². The second-order valence-electron chi connectivity index (χ2n) is 6.82. The van der Waals surface area contributed by atoms with E-state index in [4.69, 9.17) is 21.1 Å². The second kappa shape index (κ2) is 10.4. The van der Waals surface area contributed by atoms with Crippen LogP contribution in [0.15, 0.2) is 30.6 Å². The molecule has 3 rings (SSSR count). The van der Waals surface area contributed by atoms with Gasteiger partial charge >= 0.3 is 0 Å². The first kappa shape index (κ1) is 21.3. The minimum Gasteiger partial charge on any atom is -0.473 e. The summed E-state index contributed by atoms with van der Waals surface area (Å²) in [5.74, 6) is 1.04. The summed E-state index contributed by atoms with van der Waals surface area (Å²) < 4.78 is 11.1. The number of pyridine rings is 2. The van der Waals surface area contributed by atoms with E-state index in [1.807, 2.05) is 12.1 Å². The molecule has 2 aromatic heterocycles. The highest BCUT2D eigenvalue weighted by Gasteiger charge is 2.18. The van der Waals surface area contributed by atoms with Crippen molar-refractivity contribution in [3.63, 3.8) is 0 Å². The van der Waals surface area contributed by atoms with Gasteiger partial charge in [0.25, 0.3) is 5.91 Å². The number of anilines is 1. The fourth-order valence-corrected chi connectivity index (χ4v) is 3.34. The molecular formula is C21H27ClN4O3. The maximum atomic E-state index is 12.4. The first-order chi connectivity index (χ1) is 14.1. The third-order valence-corrected chi connectivity index (χ3v) is 5.14. The van der Waals surface area contributed by atoms with E-state index < -0.39 is 0 Å². The smallest absolute Gasteiger partial charge is 0.253 e. The summed E-state index contributed by atoms with van der Waals surface area (Å²) in [5, 5.41) is 3.20. The van der Waals surface area contributed by atoms with E-state index in [2.05, 4.69) is 34.0 Å². The number of nitrogens with zero attached hydrogens (tertiary/aromatic N) is 3. The average molecular weight is 419 g/mol. The van der Waals surface area contributed by atoms with Gasteiger partial charge in [-0.25, -0.2) is 9.97 Å². The lowest BCUT2D eigenvalue weighted by atomic mass is 10.1. The number of ether oxygens (including phenoxy) is 2. The molecule has 0 spiro atoms. The molecule has 0 unspecified atom stereocenters. The third-order valence-electron chi connectivity index (χ3n) is 4.87. The van der Waals surface area contributed by atoms with Crippen LogP contribution >= 0.6 is 11.6 Å². The first-order valence-corrected chi connectivity index (χ1v) is 10.4. The number of nitrogens with one attached hydrogen (secondary N) is 1. The van der Waals surface area contributed by atoms with Crippen LogP contribution < -0.4 is 15.0 Å². The van der Waals surface area contributed by atoms with Crippen molar-refractivity contribution in [2.24, 2.45) is 0 Å². The number of amides is 1. The molecule has 1 N–H and O–H groups in total. The van der Waals surface area contributed by atoms with Crippen molar-refractivity contribution in [2.45, 2.75) is 39.3 Å². The van der Waals surface area contributed by atoms with Crippen LogP contribution in [0.5, 0.6) is 5.88 Å². The van der Waals surface area contributed by atoms with E-state index in [9.17, 15) is 4.79 Å². The van der Waals surface area contributed by atoms with Gasteiger partial charge < -0.3 is 19.7 Å². The van der Waals surface area contributed by atoms with Crippen molar-refractivity contribution in [3.8, 4) is 5.88 Å². The zero-order chi connectivity index (χ0) is 20.6. The first-order valence-electron chi connectivity index (χ1n) is 9.98. The SMILES string of the molecule is CCN(CC)c1ccc(CNC(=O)c2cnc(OC3CCOCC3)c(Cl)c2)cn1. The molecule has 1 fully saturated rings. The number of halogens is 1. The number of hydrogen-bond donors (Lipinski definition) is 1. The van der Waals surface area contributed by atoms with Gasteiger partial charge in [0.05, 0.1) is 18.8 Å². The lowest BCUT2D eigenvalue weighted by Crippen LogP contribution is -2.26.